The molecule has 3 aromatic rings. The zero-order valence-corrected chi connectivity index (χ0v) is 15.1. The van der Waals surface area contributed by atoms with Crippen LogP contribution in [0.3, 0.4) is 0 Å². The van der Waals surface area contributed by atoms with E-state index in [1.165, 1.54) is 12.1 Å². The fraction of sp³-hybridized carbons (Fsp3) is 0.263. The Kier molecular flexibility index (Phi) is 5.73. The number of aryl methyl sites for hydroxylation is 1. The molecule has 0 atom stereocenters. The lowest BCUT2D eigenvalue weighted by molar-refractivity contribution is -0.121. The quantitative estimate of drug-likeness (QED) is 0.687. The molecule has 136 valence electrons. The summed E-state index contributed by atoms with van der Waals surface area (Å²) in [6, 6.07) is 11.5. The highest BCUT2D eigenvalue weighted by atomic mass is 35.5. The van der Waals surface area contributed by atoms with E-state index < -0.39 is 0 Å². The topological polar surface area (TPSA) is 56.2 Å². The lowest BCUT2D eigenvalue weighted by atomic mass is 10.3. The van der Waals surface area contributed by atoms with Crippen LogP contribution in [0.2, 0.25) is 5.02 Å². The van der Waals surface area contributed by atoms with Crippen LogP contribution in [0.4, 0.5) is 4.39 Å². The van der Waals surface area contributed by atoms with Crippen molar-refractivity contribution in [1.29, 1.82) is 0 Å². The van der Waals surface area contributed by atoms with Crippen molar-refractivity contribution in [1.82, 2.24) is 14.9 Å². The number of fused-ring (bicyclic) bond motifs is 1. The van der Waals surface area contributed by atoms with Crippen molar-refractivity contribution in [2.24, 2.45) is 7.05 Å². The van der Waals surface area contributed by atoms with Gasteiger partial charge in [0.1, 0.15) is 17.4 Å². The van der Waals surface area contributed by atoms with Crippen LogP contribution in [0.1, 0.15) is 12.2 Å². The van der Waals surface area contributed by atoms with Gasteiger partial charge in [-0.15, -0.1) is 0 Å². The fourth-order valence-corrected chi connectivity index (χ4v) is 2.77. The van der Waals surface area contributed by atoms with Gasteiger partial charge >= 0.3 is 0 Å². The molecule has 0 aliphatic carbocycles. The van der Waals surface area contributed by atoms with Gasteiger partial charge in [-0.1, -0.05) is 11.6 Å². The second-order valence-electron chi connectivity index (χ2n) is 5.87. The summed E-state index contributed by atoms with van der Waals surface area (Å²) in [6.07, 6.45) is 0.826. The van der Waals surface area contributed by atoms with Crippen molar-refractivity contribution in [3.8, 4) is 5.75 Å². The number of amides is 1. The van der Waals surface area contributed by atoms with E-state index in [4.69, 9.17) is 16.3 Å². The van der Waals surface area contributed by atoms with Gasteiger partial charge in [0.25, 0.3) is 0 Å². The van der Waals surface area contributed by atoms with Crippen LogP contribution in [0.5, 0.6) is 5.75 Å². The van der Waals surface area contributed by atoms with Gasteiger partial charge in [-0.2, -0.15) is 0 Å². The predicted molar refractivity (Wildman–Crippen MR) is 98.9 cm³/mol. The van der Waals surface area contributed by atoms with Gasteiger partial charge in [-0.25, -0.2) is 9.37 Å². The predicted octanol–water partition coefficient (Wildman–Crippen LogP) is 3.49. The third-order valence-electron chi connectivity index (χ3n) is 4.02. The normalized spacial score (nSPS) is 10.9. The molecule has 1 amide bonds. The molecule has 0 bridgehead atoms. The lowest BCUT2D eigenvalue weighted by Gasteiger charge is -2.07. The van der Waals surface area contributed by atoms with Crippen LogP contribution < -0.4 is 10.1 Å². The molecule has 0 fully saturated rings. The Morgan fingerprint density at radius 3 is 2.81 bits per heavy atom. The van der Waals surface area contributed by atoms with Crippen molar-refractivity contribution < 1.29 is 13.9 Å². The van der Waals surface area contributed by atoms with Crippen LogP contribution in [0.25, 0.3) is 11.0 Å². The number of hydrogen-bond donors (Lipinski definition) is 1. The summed E-state index contributed by atoms with van der Waals surface area (Å²) in [7, 11) is 1.88. The number of carbonyl (C=O) groups is 1. The summed E-state index contributed by atoms with van der Waals surface area (Å²) < 4.78 is 20.7. The highest BCUT2D eigenvalue weighted by Gasteiger charge is 2.09. The Morgan fingerprint density at radius 1 is 1.27 bits per heavy atom. The first-order chi connectivity index (χ1) is 12.5. The van der Waals surface area contributed by atoms with E-state index in [-0.39, 0.29) is 18.1 Å². The molecule has 1 N–H and O–H groups in total. The molecular weight excluding hydrogens is 357 g/mol. The van der Waals surface area contributed by atoms with Gasteiger partial charge in [-0.3, -0.25) is 4.79 Å². The van der Waals surface area contributed by atoms with Crippen molar-refractivity contribution in [2.45, 2.75) is 12.8 Å². The average Bonchev–Trinajstić information content (AvgIpc) is 2.92. The van der Waals surface area contributed by atoms with E-state index in [9.17, 15) is 9.18 Å². The molecule has 2 aromatic carbocycles. The van der Waals surface area contributed by atoms with Crippen LogP contribution in [-0.4, -0.2) is 28.6 Å². The molecule has 26 heavy (non-hydrogen) atoms. The van der Waals surface area contributed by atoms with Crippen LogP contribution >= 0.6 is 11.6 Å². The summed E-state index contributed by atoms with van der Waals surface area (Å²) in [5.74, 6) is 1.07. The molecule has 0 spiro atoms. The number of hydrogen-bond acceptors (Lipinski definition) is 3. The molecule has 5 nitrogen and oxygen atoms in total. The lowest BCUT2D eigenvalue weighted by Crippen LogP contribution is -2.27. The Labute approximate surface area is 155 Å². The molecule has 0 saturated heterocycles. The Balaban J connectivity index is 1.43. The molecule has 0 unspecified atom stereocenters. The zero-order valence-electron chi connectivity index (χ0n) is 14.3. The van der Waals surface area contributed by atoms with Crippen molar-refractivity contribution in [3.63, 3.8) is 0 Å². The van der Waals surface area contributed by atoms with Crippen LogP contribution in [0, 0.1) is 5.82 Å². The number of benzene rings is 2. The largest absolute Gasteiger partial charge is 0.493 e. The monoisotopic (exact) mass is 375 g/mol. The highest BCUT2D eigenvalue weighted by Crippen LogP contribution is 2.17. The number of nitrogens with zero attached hydrogens (tertiary/aromatic N) is 2. The minimum Gasteiger partial charge on any atom is -0.493 e. The minimum absolute atomic E-state index is 0.0937. The fourth-order valence-electron chi connectivity index (χ4n) is 2.64. The van der Waals surface area contributed by atoms with Gasteiger partial charge < -0.3 is 14.6 Å². The Bertz CT molecular complexity index is 909. The van der Waals surface area contributed by atoms with Crippen molar-refractivity contribution in [2.75, 3.05) is 13.2 Å². The molecular formula is C19H19ClFN3O2. The van der Waals surface area contributed by atoms with E-state index in [0.717, 1.165) is 11.3 Å². The average molecular weight is 376 g/mol. The summed E-state index contributed by atoms with van der Waals surface area (Å²) in [4.78, 5) is 16.3. The second kappa shape index (κ2) is 8.19. The zero-order chi connectivity index (χ0) is 18.5. The molecule has 1 aromatic heterocycles. The third kappa shape index (κ3) is 4.52. The summed E-state index contributed by atoms with van der Waals surface area (Å²) >= 11 is 5.80. The molecule has 0 saturated carbocycles. The van der Waals surface area contributed by atoms with E-state index in [1.807, 2.05) is 11.6 Å². The number of ether oxygens (including phenoxy) is 1. The molecule has 3 rings (SSSR count). The minimum atomic E-state index is -0.309. The van der Waals surface area contributed by atoms with Gasteiger partial charge in [0.05, 0.1) is 24.1 Å². The number of halogens is 2. The maximum absolute atomic E-state index is 13.3. The summed E-state index contributed by atoms with van der Waals surface area (Å²) in [6.45, 7) is 0.748. The molecule has 0 aliphatic heterocycles. The van der Waals surface area contributed by atoms with E-state index in [2.05, 4.69) is 10.3 Å². The van der Waals surface area contributed by atoms with E-state index in [0.29, 0.717) is 35.9 Å². The first-order valence-corrected chi connectivity index (χ1v) is 8.66. The molecule has 0 radical (unpaired) electrons. The number of imidazole rings is 1. The number of carbonyl (C=O) groups excluding carboxylic acids is 1. The first-order valence-electron chi connectivity index (χ1n) is 8.29. The van der Waals surface area contributed by atoms with Crippen molar-refractivity contribution >= 4 is 28.5 Å². The van der Waals surface area contributed by atoms with E-state index >= 15 is 0 Å². The van der Waals surface area contributed by atoms with Crippen LogP contribution in [-0.2, 0) is 18.3 Å². The van der Waals surface area contributed by atoms with Crippen molar-refractivity contribution in [3.05, 3.63) is 59.1 Å². The number of rotatable bonds is 7. The van der Waals surface area contributed by atoms with Crippen LogP contribution in [0.15, 0.2) is 42.5 Å². The van der Waals surface area contributed by atoms with Gasteiger partial charge in [0, 0.05) is 31.1 Å². The standard InChI is InChI=1S/C19H19ClFN3O2/c1-24-17-7-4-14(21)12-16(17)23-18(24)8-10-22-19(25)9-11-26-15-5-2-13(20)3-6-15/h2-7,12H,8-11H2,1H3,(H,22,25). The Hall–Kier alpha value is -2.60. The number of aromatic nitrogens is 2. The number of nitrogens with one attached hydrogen (secondary N) is 1. The summed E-state index contributed by atoms with van der Waals surface area (Å²) in [5, 5.41) is 3.48. The molecule has 1 heterocycles. The first kappa shape index (κ1) is 18.2. The second-order valence-corrected chi connectivity index (χ2v) is 6.31. The smallest absolute Gasteiger partial charge is 0.223 e. The Morgan fingerprint density at radius 2 is 2.04 bits per heavy atom. The van der Waals surface area contributed by atoms with E-state index in [1.54, 1.807) is 30.3 Å². The SMILES string of the molecule is Cn1c(CCNC(=O)CCOc2ccc(Cl)cc2)nc2cc(F)ccc21. The molecule has 0 aliphatic rings. The van der Waals surface area contributed by atoms with Gasteiger partial charge in [0.2, 0.25) is 5.91 Å². The highest BCUT2D eigenvalue weighted by molar-refractivity contribution is 6.30. The maximum atomic E-state index is 13.3. The van der Waals surface area contributed by atoms with Gasteiger partial charge in [-0.05, 0) is 36.4 Å². The molecule has 7 heteroatoms. The van der Waals surface area contributed by atoms with Gasteiger partial charge in [0.15, 0.2) is 0 Å². The third-order valence-corrected chi connectivity index (χ3v) is 4.27. The summed E-state index contributed by atoms with van der Waals surface area (Å²) in [5.41, 5.74) is 1.48. The maximum Gasteiger partial charge on any atom is 0.223 e.